The Bertz CT molecular complexity index is 1220. The van der Waals surface area contributed by atoms with Crippen LogP contribution in [0.5, 0.6) is 0 Å². The molecule has 1 aliphatic heterocycles. The van der Waals surface area contributed by atoms with Crippen LogP contribution in [-0.4, -0.2) is 34.0 Å². The first-order valence-electron chi connectivity index (χ1n) is 10.2. The molecule has 30 heavy (non-hydrogen) atoms. The zero-order valence-corrected chi connectivity index (χ0v) is 18.4. The van der Waals surface area contributed by atoms with Crippen LogP contribution < -0.4 is 5.32 Å². The molecule has 1 saturated heterocycles. The highest BCUT2D eigenvalue weighted by atomic mass is 32.1. The molecular weight excluding hydrogens is 422 g/mol. The largest absolute Gasteiger partial charge is 0.350 e. The maximum absolute atomic E-state index is 14.9. The summed E-state index contributed by atoms with van der Waals surface area (Å²) in [5, 5.41) is 3.69. The minimum atomic E-state index is -0.489. The number of rotatable bonds is 4. The summed E-state index contributed by atoms with van der Waals surface area (Å²) in [5.41, 5.74) is 2.40. The van der Waals surface area contributed by atoms with Gasteiger partial charge in [-0.1, -0.05) is 6.92 Å². The Balaban J connectivity index is 1.55. The molecule has 0 aliphatic carbocycles. The number of anilines is 2. The highest BCUT2D eigenvalue weighted by Gasteiger charge is 2.30. The van der Waals surface area contributed by atoms with Crippen molar-refractivity contribution in [1.29, 1.82) is 0 Å². The van der Waals surface area contributed by atoms with Gasteiger partial charge in [-0.2, -0.15) is 0 Å². The molecule has 8 heteroatoms. The smallest absolute Gasteiger partial charge is 0.173 e. The Kier molecular flexibility index (Phi) is 5.16. The Morgan fingerprint density at radius 3 is 2.97 bits per heavy atom. The fourth-order valence-corrected chi connectivity index (χ4v) is 6.38. The minimum Gasteiger partial charge on any atom is -0.350 e. The number of thiophene rings is 1. The maximum Gasteiger partial charge on any atom is 0.173 e. The van der Waals surface area contributed by atoms with Crippen LogP contribution in [0, 0.1) is 11.6 Å². The van der Waals surface area contributed by atoms with Crippen LogP contribution in [0.4, 0.5) is 20.2 Å². The van der Waals surface area contributed by atoms with Crippen molar-refractivity contribution in [1.82, 2.24) is 14.9 Å². The minimum absolute atomic E-state index is 0.218. The second-order valence-corrected chi connectivity index (χ2v) is 9.67. The number of fused-ring (bicyclic) bond motifs is 2. The standard InChI is InChI=1S/C22H22F2N4S2/c1-3-28-8-4-5-13(12(28)2)18-9-14-20(15(23)10-25-22(14)30-18)27-16-6-7-17-21(19(16)24)26-11-29-17/h6-7,9-13H,3-5,8H2,1-2H3,(H,25,27)/t12-,13-/m1/s1. The van der Waals surface area contributed by atoms with E-state index in [0.29, 0.717) is 22.9 Å². The predicted octanol–water partition coefficient (Wildman–Crippen LogP) is 6.52. The molecule has 1 aromatic carbocycles. The highest BCUT2D eigenvalue weighted by Crippen LogP contribution is 2.41. The normalized spacial score (nSPS) is 20.3. The van der Waals surface area contributed by atoms with Crippen LogP contribution in [-0.2, 0) is 0 Å². The summed E-state index contributed by atoms with van der Waals surface area (Å²) in [6.07, 6.45) is 3.49. The van der Waals surface area contributed by atoms with Crippen molar-refractivity contribution in [2.75, 3.05) is 18.4 Å². The van der Waals surface area contributed by atoms with Crippen LogP contribution in [0.1, 0.15) is 37.5 Å². The average Bonchev–Trinajstić information content (AvgIpc) is 3.39. The van der Waals surface area contributed by atoms with Gasteiger partial charge in [0, 0.05) is 22.2 Å². The third-order valence-corrected chi connectivity index (χ3v) is 8.09. The number of thiazole rings is 1. The average molecular weight is 445 g/mol. The first kappa shape index (κ1) is 19.8. The molecule has 3 aromatic heterocycles. The summed E-state index contributed by atoms with van der Waals surface area (Å²) in [7, 11) is 0. The van der Waals surface area contributed by atoms with Gasteiger partial charge in [0.2, 0.25) is 0 Å². The van der Waals surface area contributed by atoms with E-state index in [1.807, 2.05) is 6.07 Å². The number of hydrogen-bond donors (Lipinski definition) is 1. The van der Waals surface area contributed by atoms with E-state index in [1.165, 1.54) is 22.4 Å². The number of likely N-dealkylation sites (tertiary alicyclic amines) is 1. The fourth-order valence-electron chi connectivity index (χ4n) is 4.46. The van der Waals surface area contributed by atoms with Crippen LogP contribution in [0.25, 0.3) is 20.4 Å². The summed E-state index contributed by atoms with van der Waals surface area (Å²) >= 11 is 2.99. The van der Waals surface area contributed by atoms with E-state index in [4.69, 9.17) is 0 Å². The van der Waals surface area contributed by atoms with Gasteiger partial charge < -0.3 is 10.2 Å². The van der Waals surface area contributed by atoms with Gasteiger partial charge in [0.25, 0.3) is 0 Å². The second kappa shape index (κ2) is 7.83. The monoisotopic (exact) mass is 444 g/mol. The lowest BCUT2D eigenvalue weighted by molar-refractivity contribution is 0.148. The number of nitrogens with zero attached hydrogens (tertiary/aromatic N) is 3. The Labute approximate surface area is 181 Å². The van der Waals surface area contributed by atoms with Crippen molar-refractivity contribution in [3.63, 3.8) is 0 Å². The molecule has 0 bridgehead atoms. The van der Waals surface area contributed by atoms with Crippen LogP contribution >= 0.6 is 22.7 Å². The zero-order chi connectivity index (χ0) is 20.8. The molecule has 0 unspecified atom stereocenters. The molecule has 0 amide bonds. The first-order valence-corrected chi connectivity index (χ1v) is 11.9. The Morgan fingerprint density at radius 1 is 1.27 bits per heavy atom. The zero-order valence-electron chi connectivity index (χ0n) is 16.8. The molecule has 4 aromatic rings. The van der Waals surface area contributed by atoms with Crippen LogP contribution in [0.15, 0.2) is 29.9 Å². The molecule has 0 spiro atoms. The number of hydrogen-bond acceptors (Lipinski definition) is 6. The lowest BCUT2D eigenvalue weighted by atomic mass is 9.89. The number of benzene rings is 1. The molecule has 1 fully saturated rings. The van der Waals surface area contributed by atoms with Gasteiger partial charge in [-0.3, -0.25) is 0 Å². The van der Waals surface area contributed by atoms with Crippen LogP contribution in [0.3, 0.4) is 0 Å². The van der Waals surface area contributed by atoms with E-state index < -0.39 is 11.6 Å². The maximum atomic E-state index is 14.9. The number of piperidine rings is 1. The molecular formula is C22H22F2N4S2. The molecule has 1 aliphatic rings. The van der Waals surface area contributed by atoms with E-state index in [2.05, 4.69) is 34.0 Å². The van der Waals surface area contributed by atoms with Crippen molar-refractivity contribution >= 4 is 54.5 Å². The molecule has 4 heterocycles. The van der Waals surface area contributed by atoms with Gasteiger partial charge in [0.15, 0.2) is 11.6 Å². The first-order chi connectivity index (χ1) is 14.6. The Morgan fingerprint density at radius 2 is 2.13 bits per heavy atom. The number of aromatic nitrogens is 2. The molecule has 0 radical (unpaired) electrons. The van der Waals surface area contributed by atoms with Crippen molar-refractivity contribution in [3.8, 4) is 0 Å². The van der Waals surface area contributed by atoms with E-state index in [1.54, 1.807) is 29.0 Å². The van der Waals surface area contributed by atoms with E-state index >= 15 is 0 Å². The number of pyridine rings is 1. The van der Waals surface area contributed by atoms with Crippen LogP contribution in [0.2, 0.25) is 0 Å². The van der Waals surface area contributed by atoms with Gasteiger partial charge in [-0.05, 0) is 51.1 Å². The van der Waals surface area contributed by atoms with E-state index in [-0.39, 0.29) is 11.4 Å². The topological polar surface area (TPSA) is 41.0 Å². The van der Waals surface area contributed by atoms with Crippen molar-refractivity contribution in [2.24, 2.45) is 0 Å². The Hall–Kier alpha value is -2.16. The third kappa shape index (κ3) is 3.27. The predicted molar refractivity (Wildman–Crippen MR) is 121 cm³/mol. The summed E-state index contributed by atoms with van der Waals surface area (Å²) < 4.78 is 30.4. The summed E-state index contributed by atoms with van der Waals surface area (Å²) in [6, 6.07) is 5.91. The van der Waals surface area contributed by atoms with Gasteiger partial charge >= 0.3 is 0 Å². The number of nitrogens with one attached hydrogen (secondary N) is 1. The molecule has 5 rings (SSSR count). The lowest BCUT2D eigenvalue weighted by Gasteiger charge is -2.38. The van der Waals surface area contributed by atoms with Gasteiger partial charge in [-0.25, -0.2) is 18.7 Å². The molecule has 1 N–H and O–H groups in total. The molecule has 4 nitrogen and oxygen atoms in total. The quantitative estimate of drug-likeness (QED) is 0.389. The second-order valence-electron chi connectivity index (χ2n) is 7.72. The van der Waals surface area contributed by atoms with Crippen molar-refractivity contribution in [3.05, 3.63) is 46.4 Å². The summed E-state index contributed by atoms with van der Waals surface area (Å²) in [6.45, 7) is 6.61. The van der Waals surface area contributed by atoms with Gasteiger partial charge in [-0.15, -0.1) is 22.7 Å². The molecule has 0 saturated carbocycles. The molecule has 156 valence electrons. The van der Waals surface area contributed by atoms with E-state index in [9.17, 15) is 8.78 Å². The summed E-state index contributed by atoms with van der Waals surface area (Å²) in [4.78, 5) is 12.9. The molecule has 2 atom stereocenters. The van der Waals surface area contributed by atoms with Gasteiger partial charge in [0.05, 0.1) is 27.8 Å². The number of halogens is 2. The lowest BCUT2D eigenvalue weighted by Crippen LogP contribution is -2.41. The SMILES string of the molecule is CCN1CCC[C@@H](c2cc3c(Nc4ccc5scnc5c4F)c(F)cnc3s2)[C@H]1C. The van der Waals surface area contributed by atoms with E-state index in [0.717, 1.165) is 35.5 Å². The number of likely N-dealkylation sites (N-methyl/N-ethyl adjacent to an activating group) is 1. The third-order valence-electron chi connectivity index (χ3n) is 6.13. The highest BCUT2D eigenvalue weighted by molar-refractivity contribution is 7.18. The van der Waals surface area contributed by atoms with Crippen molar-refractivity contribution in [2.45, 2.75) is 38.6 Å². The fraction of sp³-hybridized carbons (Fsp3) is 0.364. The van der Waals surface area contributed by atoms with Gasteiger partial charge in [0.1, 0.15) is 10.3 Å². The summed E-state index contributed by atoms with van der Waals surface area (Å²) in [5.74, 6) is -0.554. The van der Waals surface area contributed by atoms with Crippen molar-refractivity contribution < 1.29 is 8.78 Å².